The molecule has 0 aromatic carbocycles. The van der Waals surface area contributed by atoms with E-state index in [9.17, 15) is 0 Å². The van der Waals surface area contributed by atoms with Crippen LogP contribution in [0.4, 0.5) is 0 Å². The largest absolute Gasteiger partial charge is 0.761 e. The average molecular weight is 198 g/mol. The van der Waals surface area contributed by atoms with Gasteiger partial charge in [0.25, 0.3) is 0 Å². The first kappa shape index (κ1) is 15.9. The maximum Gasteiger partial charge on any atom is 0.761 e. The summed E-state index contributed by atoms with van der Waals surface area (Å²) in [7, 11) is -3.13. The number of rotatable bonds is 0. The quantitative estimate of drug-likeness (QED) is 0.460. The van der Waals surface area contributed by atoms with Crippen molar-refractivity contribution in [3.8, 4) is 0 Å². The maximum absolute atomic E-state index is 8.74. The molecule has 0 heterocycles. The Morgan fingerprint density at radius 3 is 1.33 bits per heavy atom. The first-order valence-electron chi connectivity index (χ1n) is 0.651. The van der Waals surface area contributed by atoms with Gasteiger partial charge >= 0.3 is 9.17 Å². The van der Waals surface area contributed by atoms with E-state index in [2.05, 4.69) is 0 Å². The van der Waals surface area contributed by atoms with E-state index >= 15 is 0 Å². The van der Waals surface area contributed by atoms with E-state index in [1.165, 1.54) is 0 Å². The summed E-state index contributed by atoms with van der Waals surface area (Å²) in [6, 6.07) is 0. The van der Waals surface area contributed by atoms with Gasteiger partial charge in [0.1, 0.15) is 0 Å². The van der Waals surface area contributed by atoms with E-state index in [-0.39, 0.29) is 36.5 Å². The Morgan fingerprint density at radius 1 is 1.33 bits per heavy atom. The van der Waals surface area contributed by atoms with Crippen molar-refractivity contribution in [1.82, 2.24) is 0 Å². The van der Waals surface area contributed by atoms with Gasteiger partial charge in [-0.3, -0.25) is 4.46 Å². The van der Waals surface area contributed by atoms with E-state index in [1.54, 1.807) is 0 Å². The second-order valence-electron chi connectivity index (χ2n) is 0.283. The molecule has 0 fully saturated rings. The van der Waals surface area contributed by atoms with Crippen LogP contribution >= 0.6 is 0 Å². The molecule has 1 radical (unpaired) electrons. The van der Waals surface area contributed by atoms with Gasteiger partial charge in [-0.1, -0.05) is 0 Å². The van der Waals surface area contributed by atoms with Gasteiger partial charge in [0.2, 0.25) is 0 Å². The zero-order valence-electron chi connectivity index (χ0n) is 2.89. The van der Waals surface area contributed by atoms with Gasteiger partial charge in [-0.05, 0) is 0 Å². The Bertz CT molecular complexity index is 33.8. The van der Waals surface area contributed by atoms with Crippen LogP contribution in [0.3, 0.4) is 0 Å². The van der Waals surface area contributed by atoms with Crippen LogP contribution in [0.15, 0.2) is 0 Å². The van der Waals surface area contributed by atoms with Crippen LogP contribution in [0.2, 0.25) is 0 Å². The average Bonchev–Trinajstić information content (AvgIpc) is 0.811. The van der Waals surface area contributed by atoms with Crippen LogP contribution in [-0.2, 0) is 41.0 Å². The molecule has 2 N–H and O–H groups in total. The van der Waals surface area contributed by atoms with Crippen molar-refractivity contribution < 1.29 is 50.6 Å². The van der Waals surface area contributed by atoms with Crippen LogP contribution in [-0.4, -0.2) is 18.8 Å². The molecule has 0 aliphatic heterocycles. The molecule has 0 spiro atoms. The molecule has 0 aliphatic rings. The van der Waals surface area contributed by atoms with Gasteiger partial charge in [0.05, 0.1) is 0 Å². The van der Waals surface area contributed by atoms with E-state index in [0.717, 1.165) is 0 Å². The summed E-state index contributed by atoms with van der Waals surface area (Å²) >= 11 is 0. The van der Waals surface area contributed by atoms with E-state index in [1.807, 2.05) is 0 Å². The molecule has 0 saturated carbocycles. The Kier molecular flexibility index (Phi) is 24.4. The predicted molar refractivity (Wildman–Crippen MR) is 10.9 cm³/mol. The van der Waals surface area contributed by atoms with Gasteiger partial charge < -0.3 is 9.59 Å². The molecule has 0 aromatic rings. The molecular weight excluding hydrogens is 196 g/mol. The number of hydrogen-bond donors (Lipinski definition) is 2. The molecule has 0 rings (SSSR count). The third-order valence-electron chi connectivity index (χ3n) is 0. The van der Waals surface area contributed by atoms with Gasteiger partial charge in [-0.15, -0.1) is 0 Å². The van der Waals surface area contributed by atoms with Crippen LogP contribution in [0, 0.1) is 0 Å². The Hall–Kier alpha value is 0.760. The molecule has 0 unspecified atom stereocenters. The molecule has 0 bridgehead atoms. The minimum Gasteiger partial charge on any atom is -0.511 e. The zero-order valence-corrected chi connectivity index (χ0v) is 8.04. The minimum atomic E-state index is -3.13. The third kappa shape index (κ3) is 117. The van der Waals surface area contributed by atoms with Gasteiger partial charge in [-0.25, -0.2) is 0 Å². The molecule has 0 aliphatic carbocycles. The fourth-order valence-electron chi connectivity index (χ4n) is 0. The maximum atomic E-state index is 8.74. The summed E-state index contributed by atoms with van der Waals surface area (Å²) in [5.41, 5.74) is 0. The van der Waals surface area contributed by atoms with Gasteiger partial charge in [-0.2, -0.15) is 0 Å². The summed E-state index contributed by atoms with van der Waals surface area (Å²) in [5.74, 6) is 0. The van der Waals surface area contributed by atoms with Crippen molar-refractivity contribution in [2.75, 3.05) is 0 Å². The van der Waals surface area contributed by atoms with Crippen molar-refractivity contribution in [3.63, 3.8) is 0 Å². The fraction of sp³-hybridized carbons (Fsp3) is 0. The van der Waals surface area contributed by atoms with Crippen molar-refractivity contribution in [1.29, 1.82) is 0 Å². The molecule has 0 atom stereocenters. The Labute approximate surface area is 59.9 Å². The van der Waals surface area contributed by atoms with E-state index < -0.39 is 9.17 Å². The minimum absolute atomic E-state index is 0. The van der Waals surface area contributed by atoms with E-state index in [4.69, 9.17) is 14.1 Å². The van der Waals surface area contributed by atoms with Crippen molar-refractivity contribution in [2.45, 2.75) is 0 Å². The molecule has 0 saturated heterocycles. The Balaban J connectivity index is -0.0000000450. The molecule has 33 valence electrons. The normalized spacial score (nSPS) is 4.00. The molecule has 6 heteroatoms. The monoisotopic (exact) mass is 197 g/mol. The second-order valence-corrected chi connectivity index (χ2v) is 0.848. The standard InChI is InChI=1S/Mn.H2O3Si.Zn/c;1-4(2)3;/h;1-2H;. The number of hydrogen-bond acceptors (Lipinski definition) is 1. The van der Waals surface area contributed by atoms with Crippen LogP contribution in [0.25, 0.3) is 0 Å². The SMILES string of the molecule is O=[Si](O)O.[Mn].[Zn]. The van der Waals surface area contributed by atoms with Crippen LogP contribution in [0.5, 0.6) is 0 Å². The molecule has 3 nitrogen and oxygen atoms in total. The van der Waals surface area contributed by atoms with Gasteiger partial charge in [0, 0.05) is 36.5 Å². The second kappa shape index (κ2) is 9.23. The molecule has 0 amide bonds. The van der Waals surface area contributed by atoms with Crippen molar-refractivity contribution in [2.24, 2.45) is 0 Å². The van der Waals surface area contributed by atoms with Crippen LogP contribution in [0.1, 0.15) is 0 Å². The summed E-state index contributed by atoms with van der Waals surface area (Å²) in [6.45, 7) is 0. The van der Waals surface area contributed by atoms with Gasteiger partial charge in [0.15, 0.2) is 0 Å². The predicted octanol–water partition coefficient (Wildman–Crippen LogP) is -1.62. The molecule has 6 heavy (non-hydrogen) atoms. The summed E-state index contributed by atoms with van der Waals surface area (Å²) in [6.07, 6.45) is 0. The molecule has 0 aromatic heterocycles. The summed E-state index contributed by atoms with van der Waals surface area (Å²) < 4.78 is 8.74. The first-order chi connectivity index (χ1) is 1.73. The zero-order chi connectivity index (χ0) is 3.58. The first-order valence-corrected chi connectivity index (χ1v) is 1.95. The summed E-state index contributed by atoms with van der Waals surface area (Å²) in [5, 5.41) is 0. The third-order valence-corrected chi connectivity index (χ3v) is 0. The molecular formula is H2MnO3SiZn. The topological polar surface area (TPSA) is 57.5 Å². The van der Waals surface area contributed by atoms with Crippen molar-refractivity contribution >= 4 is 9.17 Å². The fourth-order valence-corrected chi connectivity index (χ4v) is 0. The van der Waals surface area contributed by atoms with Crippen molar-refractivity contribution in [3.05, 3.63) is 0 Å². The Morgan fingerprint density at radius 2 is 1.33 bits per heavy atom. The van der Waals surface area contributed by atoms with E-state index in [0.29, 0.717) is 0 Å². The summed E-state index contributed by atoms with van der Waals surface area (Å²) in [4.78, 5) is 14.3. The van der Waals surface area contributed by atoms with Crippen LogP contribution < -0.4 is 0 Å². The smallest absolute Gasteiger partial charge is 0.511 e.